The summed E-state index contributed by atoms with van der Waals surface area (Å²) in [5.41, 5.74) is 0. The lowest BCUT2D eigenvalue weighted by atomic mass is 10.1. The second kappa shape index (κ2) is 17.9. The van der Waals surface area contributed by atoms with Gasteiger partial charge in [0.25, 0.3) is 0 Å². The average Bonchev–Trinajstić information content (AvgIpc) is 2.58. The third-order valence-corrected chi connectivity index (χ3v) is 3.66. The van der Waals surface area contributed by atoms with Crippen LogP contribution in [0, 0.1) is 0 Å². The van der Waals surface area contributed by atoms with E-state index in [2.05, 4.69) is 24.1 Å². The number of hydrogen-bond donors (Lipinski definition) is 0. The zero-order chi connectivity index (χ0) is 17.9. The molecule has 0 unspecified atom stereocenters. The Morgan fingerprint density at radius 3 is 1.29 bits per heavy atom. The molecule has 2 amide bonds. The zero-order valence-corrected chi connectivity index (χ0v) is 15.4. The molecule has 0 aromatic carbocycles. The van der Waals surface area contributed by atoms with Gasteiger partial charge >= 0.3 is 12.2 Å². The predicted octanol–water partition coefficient (Wildman–Crippen LogP) is 6.43. The molecule has 0 rings (SSSR count). The molecule has 6 nitrogen and oxygen atoms in total. The summed E-state index contributed by atoms with van der Waals surface area (Å²) < 4.78 is 9.74. The predicted molar refractivity (Wildman–Crippen MR) is 94.3 cm³/mol. The van der Waals surface area contributed by atoms with Gasteiger partial charge in [0.1, 0.15) is 0 Å². The molecule has 0 saturated heterocycles. The summed E-state index contributed by atoms with van der Waals surface area (Å²) in [6.45, 7) is 4.98. The Bertz CT molecular complexity index is 314. The number of nitrogens with zero attached hydrogens (tertiary/aromatic N) is 2. The number of unbranched alkanes of at least 4 members (excludes halogenated alkanes) is 10. The lowest BCUT2D eigenvalue weighted by Crippen LogP contribution is -2.03. The Hall–Kier alpha value is -1.46. The van der Waals surface area contributed by atoms with Gasteiger partial charge in [-0.2, -0.15) is 0 Å². The van der Waals surface area contributed by atoms with Crippen LogP contribution in [0.2, 0.25) is 0 Å². The van der Waals surface area contributed by atoms with Crippen LogP contribution in [0.1, 0.15) is 90.9 Å². The first-order chi connectivity index (χ1) is 11.7. The Morgan fingerprint density at radius 2 is 0.917 bits per heavy atom. The van der Waals surface area contributed by atoms with Crippen LogP contribution in [-0.2, 0) is 9.47 Å². The van der Waals surface area contributed by atoms with Gasteiger partial charge in [-0.25, -0.2) is 9.59 Å². The smallest absolute Gasteiger partial charge is 0.447 e. The van der Waals surface area contributed by atoms with Crippen LogP contribution < -0.4 is 0 Å². The van der Waals surface area contributed by atoms with Gasteiger partial charge in [-0.15, -0.1) is 0 Å². The summed E-state index contributed by atoms with van der Waals surface area (Å²) in [5.74, 6) is 0. The molecule has 24 heavy (non-hydrogen) atoms. The first kappa shape index (κ1) is 22.5. The molecule has 140 valence electrons. The number of amides is 2. The highest BCUT2D eigenvalue weighted by Gasteiger charge is 2.04. The molecule has 0 aromatic heterocycles. The fourth-order valence-electron chi connectivity index (χ4n) is 2.22. The SMILES string of the molecule is CCCCCCCCOC(=O)/N=N/C(=O)OCCCCCCCC. The van der Waals surface area contributed by atoms with E-state index in [0.717, 1.165) is 38.5 Å². The molecule has 6 heteroatoms. The maximum absolute atomic E-state index is 11.3. The molecule has 0 radical (unpaired) electrons. The summed E-state index contributed by atoms with van der Waals surface area (Å²) in [4.78, 5) is 22.5. The minimum absolute atomic E-state index is 0.316. The molecular formula is C18H34N2O4. The first-order valence-electron chi connectivity index (χ1n) is 9.46. The van der Waals surface area contributed by atoms with E-state index in [1.165, 1.54) is 38.5 Å². The molecule has 0 heterocycles. The maximum atomic E-state index is 11.3. The van der Waals surface area contributed by atoms with Crippen molar-refractivity contribution >= 4 is 12.2 Å². The van der Waals surface area contributed by atoms with Crippen molar-refractivity contribution in [1.29, 1.82) is 0 Å². The van der Waals surface area contributed by atoms with Crippen LogP contribution in [0.4, 0.5) is 9.59 Å². The van der Waals surface area contributed by atoms with Crippen molar-refractivity contribution in [2.24, 2.45) is 10.2 Å². The fraction of sp³-hybridized carbons (Fsp3) is 0.889. The van der Waals surface area contributed by atoms with Crippen molar-refractivity contribution in [2.75, 3.05) is 13.2 Å². The second-order valence-electron chi connectivity index (χ2n) is 5.96. The van der Waals surface area contributed by atoms with Gasteiger partial charge < -0.3 is 9.47 Å². The van der Waals surface area contributed by atoms with Crippen LogP contribution in [0.25, 0.3) is 0 Å². The van der Waals surface area contributed by atoms with Gasteiger partial charge in [0.2, 0.25) is 0 Å². The van der Waals surface area contributed by atoms with E-state index in [4.69, 9.17) is 9.47 Å². The first-order valence-corrected chi connectivity index (χ1v) is 9.46. The topological polar surface area (TPSA) is 77.3 Å². The van der Waals surface area contributed by atoms with E-state index in [1.54, 1.807) is 0 Å². The summed E-state index contributed by atoms with van der Waals surface area (Å²) in [6.07, 6.45) is 11.7. The van der Waals surface area contributed by atoms with Crippen LogP contribution in [0.15, 0.2) is 10.2 Å². The van der Waals surface area contributed by atoms with Crippen molar-refractivity contribution < 1.29 is 19.1 Å². The number of carbonyl (C=O) groups is 2. The number of hydrogen-bond acceptors (Lipinski definition) is 4. The third-order valence-electron chi connectivity index (χ3n) is 3.66. The van der Waals surface area contributed by atoms with Crippen LogP contribution >= 0.6 is 0 Å². The van der Waals surface area contributed by atoms with E-state index in [9.17, 15) is 9.59 Å². The number of ether oxygens (including phenoxy) is 2. The average molecular weight is 342 g/mol. The van der Waals surface area contributed by atoms with Crippen LogP contribution in [0.3, 0.4) is 0 Å². The second-order valence-corrected chi connectivity index (χ2v) is 5.96. The molecule has 0 bridgehead atoms. The van der Waals surface area contributed by atoms with E-state index in [1.807, 2.05) is 0 Å². The lowest BCUT2D eigenvalue weighted by Gasteiger charge is -2.02. The molecule has 0 fully saturated rings. The normalized spacial score (nSPS) is 10.9. The summed E-state index contributed by atoms with van der Waals surface area (Å²) in [7, 11) is 0. The monoisotopic (exact) mass is 342 g/mol. The molecule has 0 N–H and O–H groups in total. The van der Waals surface area contributed by atoms with Crippen molar-refractivity contribution in [3.05, 3.63) is 0 Å². The molecule has 0 atom stereocenters. The highest BCUT2D eigenvalue weighted by molar-refractivity contribution is 5.73. The Kier molecular flexibility index (Phi) is 16.8. The Balaban J connectivity index is 3.48. The van der Waals surface area contributed by atoms with E-state index >= 15 is 0 Å². The van der Waals surface area contributed by atoms with E-state index < -0.39 is 12.2 Å². The fourth-order valence-corrected chi connectivity index (χ4v) is 2.22. The molecular weight excluding hydrogens is 308 g/mol. The minimum Gasteiger partial charge on any atom is -0.447 e. The number of rotatable bonds is 14. The van der Waals surface area contributed by atoms with Crippen molar-refractivity contribution in [2.45, 2.75) is 90.9 Å². The number of carbonyl (C=O) groups excluding carboxylic acids is 2. The molecule has 0 saturated carbocycles. The van der Waals surface area contributed by atoms with Gasteiger partial charge in [-0.1, -0.05) is 88.3 Å². The van der Waals surface area contributed by atoms with Crippen molar-refractivity contribution in [3.63, 3.8) is 0 Å². The van der Waals surface area contributed by atoms with Gasteiger partial charge in [0.15, 0.2) is 0 Å². The number of azo groups is 1. The molecule has 0 aromatic rings. The van der Waals surface area contributed by atoms with Crippen LogP contribution in [-0.4, -0.2) is 25.4 Å². The zero-order valence-electron chi connectivity index (χ0n) is 15.4. The summed E-state index contributed by atoms with van der Waals surface area (Å²) in [6, 6.07) is 0. The maximum Gasteiger partial charge on any atom is 0.452 e. The van der Waals surface area contributed by atoms with E-state index in [-0.39, 0.29) is 0 Å². The molecule has 0 aliphatic heterocycles. The quantitative estimate of drug-likeness (QED) is 0.269. The summed E-state index contributed by atoms with van der Waals surface area (Å²) in [5, 5.41) is 6.40. The van der Waals surface area contributed by atoms with Gasteiger partial charge in [0, 0.05) is 0 Å². The highest BCUT2D eigenvalue weighted by atomic mass is 16.6. The molecule has 0 aliphatic carbocycles. The largest absolute Gasteiger partial charge is 0.452 e. The molecule has 0 spiro atoms. The Labute approximate surface area is 146 Å². The van der Waals surface area contributed by atoms with Crippen molar-refractivity contribution in [1.82, 2.24) is 0 Å². The lowest BCUT2D eigenvalue weighted by molar-refractivity contribution is 0.143. The molecule has 0 aliphatic rings. The summed E-state index contributed by atoms with van der Waals surface area (Å²) >= 11 is 0. The Morgan fingerprint density at radius 1 is 0.583 bits per heavy atom. The van der Waals surface area contributed by atoms with Gasteiger partial charge in [0.05, 0.1) is 13.2 Å². The van der Waals surface area contributed by atoms with Crippen molar-refractivity contribution in [3.8, 4) is 0 Å². The van der Waals surface area contributed by atoms with Gasteiger partial charge in [-0.05, 0) is 12.8 Å². The minimum atomic E-state index is -0.833. The van der Waals surface area contributed by atoms with Crippen LogP contribution in [0.5, 0.6) is 0 Å². The third kappa shape index (κ3) is 16.9. The van der Waals surface area contributed by atoms with E-state index in [0.29, 0.717) is 13.2 Å². The van der Waals surface area contributed by atoms with Gasteiger partial charge in [-0.3, -0.25) is 0 Å². The highest BCUT2D eigenvalue weighted by Crippen LogP contribution is 2.06. The standard InChI is InChI=1S/C18H34N2O4/c1-3-5-7-9-11-13-15-23-17(21)19-20-18(22)24-16-14-12-10-8-6-4-2/h3-16H2,1-2H3/b20-19+.